The molecule has 1 aromatic heterocycles. The Morgan fingerprint density at radius 2 is 2.22 bits per heavy atom. The first kappa shape index (κ1) is 6.26. The Hall–Kier alpha value is -0.860. The van der Waals surface area contributed by atoms with Crippen LogP contribution in [0.4, 0.5) is 8.78 Å². The molecule has 0 saturated heterocycles. The number of aryl methyl sites for hydroxylation is 1. The Morgan fingerprint density at radius 3 is 2.44 bits per heavy atom. The zero-order valence-corrected chi connectivity index (χ0v) is 4.99. The van der Waals surface area contributed by atoms with E-state index in [1.165, 1.54) is 6.07 Å². The number of alkyl halides is 2. The number of aromatic amines is 1. The van der Waals surface area contributed by atoms with Crippen LogP contribution in [0.3, 0.4) is 0 Å². The van der Waals surface area contributed by atoms with Crippen molar-refractivity contribution in [3.05, 3.63) is 23.5 Å². The van der Waals surface area contributed by atoms with Crippen molar-refractivity contribution in [2.24, 2.45) is 0 Å². The van der Waals surface area contributed by atoms with E-state index in [0.29, 0.717) is 0 Å². The number of H-pyrrole nitrogens is 1. The highest BCUT2D eigenvalue weighted by Gasteiger charge is 2.06. The summed E-state index contributed by atoms with van der Waals surface area (Å²) in [5.41, 5.74) is 0.831. The number of hydrogen-bond donors (Lipinski definition) is 1. The fourth-order valence-electron chi connectivity index (χ4n) is 0.652. The molecule has 0 radical (unpaired) electrons. The van der Waals surface area contributed by atoms with Gasteiger partial charge < -0.3 is 4.98 Å². The van der Waals surface area contributed by atoms with Crippen molar-refractivity contribution < 1.29 is 8.78 Å². The average Bonchev–Trinajstić information content (AvgIpc) is 2.14. The number of hydrogen-bond acceptors (Lipinski definition) is 0. The third kappa shape index (κ3) is 1.28. The summed E-state index contributed by atoms with van der Waals surface area (Å²) in [5.74, 6) is 0. The average molecular weight is 131 g/mol. The van der Waals surface area contributed by atoms with Gasteiger partial charge >= 0.3 is 0 Å². The van der Waals surface area contributed by atoms with Gasteiger partial charge in [0.2, 0.25) is 0 Å². The van der Waals surface area contributed by atoms with Gasteiger partial charge in [0.15, 0.2) is 0 Å². The van der Waals surface area contributed by atoms with Crippen LogP contribution < -0.4 is 0 Å². The maximum Gasteiger partial charge on any atom is 0.278 e. The van der Waals surface area contributed by atoms with E-state index in [0.717, 1.165) is 5.56 Å². The van der Waals surface area contributed by atoms with Crippen LogP contribution in [0.25, 0.3) is 0 Å². The molecule has 0 bridgehead atoms. The number of halogens is 2. The van der Waals surface area contributed by atoms with Gasteiger partial charge in [-0.05, 0) is 18.6 Å². The molecule has 0 fully saturated rings. The van der Waals surface area contributed by atoms with Gasteiger partial charge in [-0.1, -0.05) is 0 Å². The van der Waals surface area contributed by atoms with E-state index in [1.54, 1.807) is 13.1 Å². The molecule has 0 aliphatic heterocycles. The highest BCUT2D eigenvalue weighted by molar-refractivity contribution is 5.15. The minimum atomic E-state index is -2.38. The highest BCUT2D eigenvalue weighted by atomic mass is 19.3. The Morgan fingerprint density at radius 1 is 1.56 bits per heavy atom. The Balaban J connectivity index is 2.85. The molecule has 0 atom stereocenters. The summed E-state index contributed by atoms with van der Waals surface area (Å²) in [6.45, 7) is 1.77. The van der Waals surface area contributed by atoms with Crippen LogP contribution in [0.2, 0.25) is 0 Å². The number of nitrogens with one attached hydrogen (secondary N) is 1. The predicted molar refractivity (Wildman–Crippen MR) is 30.5 cm³/mol. The fourth-order valence-corrected chi connectivity index (χ4v) is 0.652. The van der Waals surface area contributed by atoms with Crippen molar-refractivity contribution in [3.8, 4) is 0 Å². The topological polar surface area (TPSA) is 15.8 Å². The van der Waals surface area contributed by atoms with E-state index in [2.05, 4.69) is 4.98 Å². The van der Waals surface area contributed by atoms with E-state index in [1.807, 2.05) is 0 Å². The summed E-state index contributed by atoms with van der Waals surface area (Å²) < 4.78 is 23.5. The standard InChI is InChI=1S/C6H7F2N/c1-4-2-5(6(7)8)9-3-4/h2-3,6,9H,1H3. The molecule has 3 heteroatoms. The summed E-state index contributed by atoms with van der Waals surface area (Å²) >= 11 is 0. The Bertz CT molecular complexity index is 193. The predicted octanol–water partition coefficient (Wildman–Crippen LogP) is 2.26. The lowest BCUT2D eigenvalue weighted by molar-refractivity contribution is 0.147. The van der Waals surface area contributed by atoms with Gasteiger partial charge in [-0.2, -0.15) is 0 Å². The van der Waals surface area contributed by atoms with Crippen LogP contribution in [-0.2, 0) is 0 Å². The highest BCUT2D eigenvalue weighted by Crippen LogP contribution is 2.16. The van der Waals surface area contributed by atoms with Crippen molar-refractivity contribution in [1.29, 1.82) is 0 Å². The van der Waals surface area contributed by atoms with Crippen molar-refractivity contribution in [1.82, 2.24) is 4.98 Å². The summed E-state index contributed by atoms with van der Waals surface area (Å²) in [6.07, 6.45) is -0.819. The molecule has 1 heterocycles. The zero-order chi connectivity index (χ0) is 6.85. The van der Waals surface area contributed by atoms with Gasteiger partial charge in [0.1, 0.15) is 0 Å². The molecule has 0 aliphatic rings. The third-order valence-electron chi connectivity index (χ3n) is 1.08. The molecule has 1 N–H and O–H groups in total. The van der Waals surface area contributed by atoms with Crippen LogP contribution in [-0.4, -0.2) is 4.98 Å². The minimum Gasteiger partial charge on any atom is -0.360 e. The van der Waals surface area contributed by atoms with Gasteiger partial charge in [0.25, 0.3) is 6.43 Å². The lowest BCUT2D eigenvalue weighted by Crippen LogP contribution is -1.80. The van der Waals surface area contributed by atoms with Gasteiger partial charge in [0, 0.05) is 6.20 Å². The minimum absolute atomic E-state index is 0.00694. The first-order valence-corrected chi connectivity index (χ1v) is 2.63. The smallest absolute Gasteiger partial charge is 0.278 e. The molecule has 0 unspecified atom stereocenters. The molecule has 0 amide bonds. The van der Waals surface area contributed by atoms with Gasteiger partial charge in [-0.25, -0.2) is 8.78 Å². The van der Waals surface area contributed by atoms with Crippen molar-refractivity contribution in [3.63, 3.8) is 0 Å². The first-order chi connectivity index (χ1) is 4.20. The van der Waals surface area contributed by atoms with Crippen molar-refractivity contribution >= 4 is 0 Å². The molecule has 0 aromatic carbocycles. The molecule has 1 aromatic rings. The summed E-state index contributed by atoms with van der Waals surface area (Å²) in [5, 5.41) is 0. The molecule has 1 rings (SSSR count). The summed E-state index contributed by atoms with van der Waals surface area (Å²) in [7, 11) is 0. The second-order valence-corrected chi connectivity index (χ2v) is 1.93. The van der Waals surface area contributed by atoms with E-state index in [9.17, 15) is 8.78 Å². The lowest BCUT2D eigenvalue weighted by atomic mass is 10.3. The van der Waals surface area contributed by atoms with Crippen molar-refractivity contribution in [2.75, 3.05) is 0 Å². The van der Waals surface area contributed by atoms with Crippen LogP contribution >= 0.6 is 0 Å². The quantitative estimate of drug-likeness (QED) is 0.601. The van der Waals surface area contributed by atoms with E-state index >= 15 is 0 Å². The van der Waals surface area contributed by atoms with Crippen LogP contribution in [0.1, 0.15) is 17.7 Å². The van der Waals surface area contributed by atoms with E-state index in [4.69, 9.17) is 0 Å². The second-order valence-electron chi connectivity index (χ2n) is 1.93. The van der Waals surface area contributed by atoms with E-state index < -0.39 is 6.43 Å². The zero-order valence-electron chi connectivity index (χ0n) is 4.99. The molecular weight excluding hydrogens is 124 g/mol. The molecule has 50 valence electrons. The molecular formula is C6H7F2N. The Kier molecular flexibility index (Phi) is 1.51. The largest absolute Gasteiger partial charge is 0.360 e. The number of rotatable bonds is 1. The SMILES string of the molecule is Cc1c[nH]c(C(F)F)c1. The third-order valence-corrected chi connectivity index (χ3v) is 1.08. The van der Waals surface area contributed by atoms with Crippen molar-refractivity contribution in [2.45, 2.75) is 13.3 Å². The monoisotopic (exact) mass is 131 g/mol. The number of aromatic nitrogens is 1. The second kappa shape index (κ2) is 2.17. The molecule has 0 aliphatic carbocycles. The van der Waals surface area contributed by atoms with Crippen LogP contribution in [0.5, 0.6) is 0 Å². The maximum atomic E-state index is 11.7. The van der Waals surface area contributed by atoms with Gasteiger partial charge in [0.05, 0.1) is 5.69 Å². The molecule has 1 nitrogen and oxygen atoms in total. The van der Waals surface area contributed by atoms with Crippen LogP contribution in [0.15, 0.2) is 12.3 Å². The van der Waals surface area contributed by atoms with Gasteiger partial charge in [-0.3, -0.25) is 0 Å². The molecule has 9 heavy (non-hydrogen) atoms. The Labute approximate surface area is 51.7 Å². The summed E-state index contributed by atoms with van der Waals surface area (Å²) in [4.78, 5) is 2.45. The normalized spacial score (nSPS) is 10.7. The van der Waals surface area contributed by atoms with Gasteiger partial charge in [-0.15, -0.1) is 0 Å². The fraction of sp³-hybridized carbons (Fsp3) is 0.333. The van der Waals surface area contributed by atoms with Crippen LogP contribution in [0, 0.1) is 6.92 Å². The maximum absolute atomic E-state index is 11.7. The molecule has 0 spiro atoms. The summed E-state index contributed by atoms with van der Waals surface area (Å²) in [6, 6.07) is 1.44. The lowest BCUT2D eigenvalue weighted by Gasteiger charge is -1.89. The van der Waals surface area contributed by atoms with E-state index in [-0.39, 0.29) is 5.69 Å². The first-order valence-electron chi connectivity index (χ1n) is 2.63. The molecule has 0 saturated carbocycles.